The van der Waals surface area contributed by atoms with Crippen LogP contribution in [0.1, 0.15) is 29.5 Å². The number of nitrogens with one attached hydrogen (secondary N) is 1. The van der Waals surface area contributed by atoms with Crippen LogP contribution < -0.4 is 5.32 Å². The second-order valence-corrected chi connectivity index (χ2v) is 7.06. The highest BCUT2D eigenvalue weighted by molar-refractivity contribution is 5.90. The predicted molar refractivity (Wildman–Crippen MR) is 94.7 cm³/mol. The van der Waals surface area contributed by atoms with Crippen molar-refractivity contribution in [2.24, 2.45) is 0 Å². The van der Waals surface area contributed by atoms with Crippen molar-refractivity contribution in [1.29, 1.82) is 0 Å². The van der Waals surface area contributed by atoms with E-state index < -0.39 is 0 Å². The van der Waals surface area contributed by atoms with Gasteiger partial charge in [-0.05, 0) is 30.0 Å². The van der Waals surface area contributed by atoms with E-state index >= 15 is 0 Å². The molecule has 1 N–H and O–H groups in total. The molecule has 2 aromatic carbocycles. The molecule has 5 rings (SSSR count). The van der Waals surface area contributed by atoms with Gasteiger partial charge in [0.05, 0.1) is 12.0 Å². The molecule has 0 bridgehead atoms. The van der Waals surface area contributed by atoms with Gasteiger partial charge < -0.3 is 10.2 Å². The highest BCUT2D eigenvalue weighted by Gasteiger charge is 2.69. The van der Waals surface area contributed by atoms with Crippen molar-refractivity contribution in [1.82, 2.24) is 4.90 Å². The fourth-order valence-corrected chi connectivity index (χ4v) is 5.21. The van der Waals surface area contributed by atoms with Crippen LogP contribution >= 0.6 is 0 Å². The normalized spacial score (nSPS) is 29.3. The van der Waals surface area contributed by atoms with Crippen molar-refractivity contribution in [2.75, 3.05) is 11.9 Å². The van der Waals surface area contributed by atoms with E-state index in [4.69, 9.17) is 0 Å². The maximum atomic E-state index is 12.5. The smallest absolute Gasteiger partial charge is 0.226 e. The summed E-state index contributed by atoms with van der Waals surface area (Å²) < 4.78 is 0. The highest BCUT2D eigenvalue weighted by Crippen LogP contribution is 2.63. The van der Waals surface area contributed by atoms with Gasteiger partial charge in [-0.1, -0.05) is 48.5 Å². The van der Waals surface area contributed by atoms with Crippen molar-refractivity contribution in [3.8, 4) is 0 Å². The van der Waals surface area contributed by atoms with E-state index in [-0.39, 0.29) is 17.0 Å². The number of nitrogens with zero attached hydrogens (tertiary/aromatic N) is 1. The zero-order valence-corrected chi connectivity index (χ0v) is 13.6. The Hall–Kier alpha value is -2.55. The fourth-order valence-electron chi connectivity index (χ4n) is 5.21. The quantitative estimate of drug-likeness (QED) is 0.678. The van der Waals surface area contributed by atoms with Crippen LogP contribution in [0.3, 0.4) is 0 Å². The average molecular weight is 316 g/mol. The number of carbonyl (C=O) groups is 1. The van der Waals surface area contributed by atoms with Crippen LogP contribution in [-0.4, -0.2) is 17.4 Å². The number of hydrogen-bond donors (Lipinski definition) is 1. The Balaban J connectivity index is 1.86. The van der Waals surface area contributed by atoms with Crippen molar-refractivity contribution in [3.05, 3.63) is 77.9 Å². The van der Waals surface area contributed by atoms with Crippen LogP contribution in [0.15, 0.2) is 61.2 Å². The molecular weight excluding hydrogens is 296 g/mol. The largest absolute Gasteiger partial charge is 0.372 e. The summed E-state index contributed by atoms with van der Waals surface area (Å²) in [4.78, 5) is 14.6. The molecule has 2 atom stereocenters. The minimum absolute atomic E-state index is 0.259. The first-order valence-electron chi connectivity index (χ1n) is 8.60. The number of para-hydroxylation sites is 1. The van der Waals surface area contributed by atoms with Gasteiger partial charge in [-0.2, -0.15) is 0 Å². The van der Waals surface area contributed by atoms with Crippen molar-refractivity contribution < 1.29 is 4.79 Å². The van der Waals surface area contributed by atoms with Crippen molar-refractivity contribution in [3.63, 3.8) is 0 Å². The minimum atomic E-state index is -0.320. The van der Waals surface area contributed by atoms with Crippen LogP contribution in [0, 0.1) is 0 Å². The van der Waals surface area contributed by atoms with Crippen molar-refractivity contribution in [2.45, 2.75) is 30.3 Å². The third kappa shape index (κ3) is 1.37. The number of benzene rings is 2. The first-order chi connectivity index (χ1) is 11.7. The molecule has 3 heteroatoms. The summed E-state index contributed by atoms with van der Waals surface area (Å²) in [5.41, 5.74) is 4.44. The van der Waals surface area contributed by atoms with Gasteiger partial charge in [0.2, 0.25) is 5.91 Å². The Morgan fingerprint density at radius 3 is 2.67 bits per heavy atom. The first kappa shape index (κ1) is 13.8. The number of anilines is 1. The van der Waals surface area contributed by atoms with E-state index in [9.17, 15) is 4.79 Å². The van der Waals surface area contributed by atoms with Crippen LogP contribution in [0.4, 0.5) is 5.69 Å². The summed E-state index contributed by atoms with van der Waals surface area (Å²) in [6.07, 6.45) is 4.26. The second kappa shape index (κ2) is 4.50. The van der Waals surface area contributed by atoms with Gasteiger partial charge in [0.25, 0.3) is 0 Å². The number of hydrogen-bond acceptors (Lipinski definition) is 2. The van der Waals surface area contributed by atoms with E-state index in [2.05, 4.69) is 65.3 Å². The number of fused-ring (bicyclic) bond motifs is 3. The molecule has 0 radical (unpaired) electrons. The SMILES string of the molecule is C=CC[C@@]12Nc3ccccc3[C@@]13CC(=O)N3CCc1ccccc12. The predicted octanol–water partition coefficient (Wildman–Crippen LogP) is 3.57. The molecule has 3 aliphatic heterocycles. The molecular formula is C21H20N2O. The van der Waals surface area contributed by atoms with E-state index in [1.807, 2.05) is 6.08 Å². The maximum absolute atomic E-state index is 12.5. The molecule has 1 fully saturated rings. The van der Waals surface area contributed by atoms with E-state index in [1.165, 1.54) is 16.7 Å². The van der Waals surface area contributed by atoms with Gasteiger partial charge in [-0.3, -0.25) is 4.79 Å². The zero-order valence-electron chi connectivity index (χ0n) is 13.6. The van der Waals surface area contributed by atoms with Gasteiger partial charge in [-0.25, -0.2) is 0 Å². The molecule has 3 nitrogen and oxygen atoms in total. The first-order valence-corrected chi connectivity index (χ1v) is 8.60. The summed E-state index contributed by atoms with van der Waals surface area (Å²) in [5, 5.41) is 3.82. The second-order valence-electron chi connectivity index (χ2n) is 7.06. The summed E-state index contributed by atoms with van der Waals surface area (Å²) in [6, 6.07) is 17.1. The zero-order chi connectivity index (χ0) is 16.4. The van der Waals surface area contributed by atoms with Gasteiger partial charge in [0.1, 0.15) is 5.54 Å². The highest BCUT2D eigenvalue weighted by atomic mass is 16.2. The lowest BCUT2D eigenvalue weighted by Crippen LogP contribution is -2.69. The number of β-lactam (4-membered cyclic amide) rings is 1. The molecule has 0 saturated carbocycles. The Labute approximate surface area is 142 Å². The molecule has 24 heavy (non-hydrogen) atoms. The molecule has 2 aromatic rings. The lowest BCUT2D eigenvalue weighted by Gasteiger charge is -2.58. The Bertz CT molecular complexity index is 874. The molecule has 1 amide bonds. The monoisotopic (exact) mass is 316 g/mol. The molecule has 0 aromatic heterocycles. The van der Waals surface area contributed by atoms with E-state index in [0.717, 1.165) is 25.1 Å². The third-order valence-corrected chi connectivity index (χ3v) is 6.13. The summed E-state index contributed by atoms with van der Waals surface area (Å²) in [5.74, 6) is 0.259. The molecule has 1 saturated heterocycles. The Kier molecular flexibility index (Phi) is 2.60. The summed E-state index contributed by atoms with van der Waals surface area (Å²) >= 11 is 0. The van der Waals surface area contributed by atoms with Crippen LogP contribution in [0.2, 0.25) is 0 Å². The Morgan fingerprint density at radius 2 is 1.88 bits per heavy atom. The van der Waals surface area contributed by atoms with E-state index in [0.29, 0.717) is 6.42 Å². The maximum Gasteiger partial charge on any atom is 0.226 e. The fraction of sp³-hybridized carbons (Fsp3) is 0.286. The lowest BCUT2D eigenvalue weighted by molar-refractivity contribution is -0.164. The van der Waals surface area contributed by atoms with Crippen LogP contribution in [0.5, 0.6) is 0 Å². The lowest BCUT2D eigenvalue weighted by atomic mass is 9.62. The van der Waals surface area contributed by atoms with Crippen LogP contribution in [-0.2, 0) is 22.3 Å². The molecule has 120 valence electrons. The van der Waals surface area contributed by atoms with E-state index in [1.54, 1.807) is 0 Å². The summed E-state index contributed by atoms with van der Waals surface area (Å²) in [6.45, 7) is 4.81. The molecule has 3 aliphatic rings. The number of amides is 1. The standard InChI is InChI=1S/C21H20N2O/c1-2-12-20-16-8-4-3-7-15(16)11-13-23-19(24)14-21(20,23)17-9-5-6-10-18(17)22-20/h2-10,22H,1,11-14H2/t20-,21-/m0/s1. The van der Waals surface area contributed by atoms with Gasteiger partial charge in [-0.15, -0.1) is 6.58 Å². The summed E-state index contributed by atoms with van der Waals surface area (Å²) in [7, 11) is 0. The molecule has 1 spiro atoms. The topological polar surface area (TPSA) is 32.3 Å². The molecule has 3 heterocycles. The van der Waals surface area contributed by atoms with Crippen molar-refractivity contribution >= 4 is 11.6 Å². The van der Waals surface area contributed by atoms with Gasteiger partial charge >= 0.3 is 0 Å². The minimum Gasteiger partial charge on any atom is -0.372 e. The number of rotatable bonds is 2. The number of carbonyl (C=O) groups excluding carboxylic acids is 1. The van der Waals surface area contributed by atoms with Crippen LogP contribution in [0.25, 0.3) is 0 Å². The Morgan fingerprint density at radius 1 is 1.12 bits per heavy atom. The average Bonchev–Trinajstić information content (AvgIpc) is 2.84. The third-order valence-electron chi connectivity index (χ3n) is 6.13. The van der Waals surface area contributed by atoms with Gasteiger partial charge in [0.15, 0.2) is 0 Å². The molecule has 0 aliphatic carbocycles. The van der Waals surface area contributed by atoms with Gasteiger partial charge in [0, 0.05) is 17.8 Å². The molecule has 0 unspecified atom stereocenters.